The number of hydrogen-bond donors (Lipinski definition) is 0. The van der Waals surface area contributed by atoms with Crippen LogP contribution in [0, 0.1) is 3.57 Å². The van der Waals surface area contributed by atoms with Crippen molar-refractivity contribution >= 4 is 28.9 Å². The molecule has 0 aliphatic carbocycles. The van der Waals surface area contributed by atoms with E-state index in [1.807, 2.05) is 0 Å². The topological polar surface area (TPSA) is 30.0 Å². The molecular weight excluding hydrogens is 298 g/mol. The number of hydrogen-bond acceptors (Lipinski definition) is 2. The first-order valence-electron chi connectivity index (χ1n) is 3.14. The Labute approximate surface area is 85.3 Å². The van der Waals surface area contributed by atoms with Crippen LogP contribution < -0.4 is 0 Å². The molecule has 0 amide bonds. The zero-order valence-electron chi connectivity index (χ0n) is 6.10. The lowest BCUT2D eigenvalue weighted by Gasteiger charge is -2.07. The molecule has 0 spiro atoms. The van der Waals surface area contributed by atoms with Gasteiger partial charge >= 0.3 is 6.18 Å². The van der Waals surface area contributed by atoms with E-state index < -0.39 is 11.9 Å². The van der Waals surface area contributed by atoms with Crippen LogP contribution >= 0.6 is 22.6 Å². The van der Waals surface area contributed by atoms with E-state index in [1.54, 1.807) is 0 Å². The van der Waals surface area contributed by atoms with Gasteiger partial charge < -0.3 is 0 Å². The zero-order valence-corrected chi connectivity index (χ0v) is 8.26. The van der Waals surface area contributed by atoms with E-state index in [1.165, 1.54) is 34.7 Å². The average Bonchev–Trinajstić information content (AvgIpc) is 2.03. The van der Waals surface area contributed by atoms with Gasteiger partial charge in [-0.3, -0.25) is 4.79 Å². The molecule has 0 unspecified atom stereocenters. The van der Waals surface area contributed by atoms with Gasteiger partial charge in [-0.2, -0.15) is 13.2 Å². The van der Waals surface area contributed by atoms with Crippen molar-refractivity contribution in [2.45, 2.75) is 6.18 Å². The van der Waals surface area contributed by atoms with Gasteiger partial charge in [0.2, 0.25) is 0 Å². The van der Waals surface area contributed by atoms with Crippen LogP contribution in [0.1, 0.15) is 16.2 Å². The average molecular weight is 301 g/mol. The van der Waals surface area contributed by atoms with E-state index in [0.29, 0.717) is 0 Å². The van der Waals surface area contributed by atoms with Crippen molar-refractivity contribution in [2.24, 2.45) is 0 Å². The number of pyridine rings is 1. The van der Waals surface area contributed by atoms with Crippen molar-refractivity contribution in [3.8, 4) is 0 Å². The van der Waals surface area contributed by atoms with E-state index in [-0.39, 0.29) is 15.6 Å². The number of aldehydes is 1. The van der Waals surface area contributed by atoms with E-state index in [2.05, 4.69) is 4.98 Å². The SMILES string of the molecule is O=Cc1ccc(I)c(C(F)(F)F)n1. The molecule has 0 aromatic carbocycles. The maximum atomic E-state index is 12.2. The summed E-state index contributed by atoms with van der Waals surface area (Å²) in [6.07, 6.45) is -4.22. The Morgan fingerprint density at radius 3 is 2.46 bits per heavy atom. The number of aromatic nitrogens is 1. The Hall–Kier alpha value is -0.660. The molecule has 13 heavy (non-hydrogen) atoms. The second-order valence-electron chi connectivity index (χ2n) is 2.18. The van der Waals surface area contributed by atoms with Gasteiger partial charge in [0.1, 0.15) is 5.69 Å². The van der Waals surface area contributed by atoms with Crippen molar-refractivity contribution in [3.05, 3.63) is 27.1 Å². The normalized spacial score (nSPS) is 11.4. The monoisotopic (exact) mass is 301 g/mol. The summed E-state index contributed by atoms with van der Waals surface area (Å²) < 4.78 is 36.5. The summed E-state index contributed by atoms with van der Waals surface area (Å²) in [5.74, 6) is 0. The van der Waals surface area contributed by atoms with Crippen molar-refractivity contribution in [2.75, 3.05) is 0 Å². The van der Waals surface area contributed by atoms with Gasteiger partial charge in [0, 0.05) is 3.57 Å². The molecule has 1 heterocycles. The summed E-state index contributed by atoms with van der Waals surface area (Å²) in [5.41, 5.74) is -1.23. The number of nitrogens with zero attached hydrogens (tertiary/aromatic N) is 1. The molecule has 1 aromatic rings. The number of carbonyl (C=O) groups excluding carboxylic acids is 1. The Bertz CT molecular complexity index is 337. The minimum atomic E-state index is -4.50. The number of halogens is 4. The van der Waals surface area contributed by atoms with Crippen molar-refractivity contribution in [1.29, 1.82) is 0 Å². The first kappa shape index (κ1) is 10.4. The highest BCUT2D eigenvalue weighted by Gasteiger charge is 2.35. The predicted molar refractivity (Wildman–Crippen MR) is 47.3 cm³/mol. The summed E-state index contributed by atoms with van der Waals surface area (Å²) >= 11 is 1.52. The lowest BCUT2D eigenvalue weighted by Crippen LogP contribution is -2.11. The summed E-state index contributed by atoms with van der Waals surface area (Å²) in [4.78, 5) is 13.3. The second kappa shape index (κ2) is 3.60. The van der Waals surface area contributed by atoms with Gasteiger partial charge in [0.15, 0.2) is 12.0 Å². The predicted octanol–water partition coefficient (Wildman–Crippen LogP) is 2.52. The minimum absolute atomic E-state index is 0.0179. The van der Waals surface area contributed by atoms with Crippen molar-refractivity contribution in [1.82, 2.24) is 4.98 Å². The standard InChI is InChI=1S/C7H3F3INO/c8-7(9,10)6-5(11)2-1-4(3-13)12-6/h1-3H. The molecule has 0 saturated heterocycles. The first-order chi connectivity index (χ1) is 5.95. The summed E-state index contributed by atoms with van der Waals surface area (Å²) in [7, 11) is 0. The van der Waals surface area contributed by atoms with Crippen LogP contribution in [-0.4, -0.2) is 11.3 Å². The molecule has 0 radical (unpaired) electrons. The molecule has 0 bridgehead atoms. The number of rotatable bonds is 1. The molecule has 70 valence electrons. The first-order valence-corrected chi connectivity index (χ1v) is 4.22. The van der Waals surface area contributed by atoms with Gasteiger partial charge in [-0.25, -0.2) is 4.98 Å². The molecule has 0 aliphatic heterocycles. The molecule has 1 rings (SSSR count). The number of carbonyl (C=O) groups is 1. The molecule has 0 atom stereocenters. The highest BCUT2D eigenvalue weighted by Crippen LogP contribution is 2.30. The van der Waals surface area contributed by atoms with Gasteiger partial charge in [0.05, 0.1) is 0 Å². The van der Waals surface area contributed by atoms with E-state index in [9.17, 15) is 18.0 Å². The van der Waals surface area contributed by atoms with Crippen LogP contribution in [0.3, 0.4) is 0 Å². The van der Waals surface area contributed by atoms with Crippen LogP contribution in [-0.2, 0) is 6.18 Å². The lowest BCUT2D eigenvalue weighted by molar-refractivity contribution is -0.141. The fourth-order valence-corrected chi connectivity index (χ4v) is 1.33. The van der Waals surface area contributed by atoms with Gasteiger partial charge in [-0.15, -0.1) is 0 Å². The van der Waals surface area contributed by atoms with E-state index in [0.717, 1.165) is 0 Å². The quantitative estimate of drug-likeness (QED) is 0.589. The van der Waals surface area contributed by atoms with Crippen LogP contribution in [0.15, 0.2) is 12.1 Å². The molecule has 1 aromatic heterocycles. The summed E-state index contributed by atoms with van der Waals surface area (Å²) in [6, 6.07) is 2.45. The molecule has 6 heteroatoms. The Kier molecular flexibility index (Phi) is 2.89. The second-order valence-corrected chi connectivity index (χ2v) is 3.34. The largest absolute Gasteiger partial charge is 0.434 e. The highest BCUT2D eigenvalue weighted by molar-refractivity contribution is 14.1. The van der Waals surface area contributed by atoms with Crippen LogP contribution in [0.2, 0.25) is 0 Å². The fourth-order valence-electron chi connectivity index (χ4n) is 0.722. The summed E-state index contributed by atoms with van der Waals surface area (Å²) in [5, 5.41) is 0. The van der Waals surface area contributed by atoms with Gasteiger partial charge in [0.25, 0.3) is 0 Å². The highest BCUT2D eigenvalue weighted by atomic mass is 127. The van der Waals surface area contributed by atoms with E-state index in [4.69, 9.17) is 0 Å². The fraction of sp³-hybridized carbons (Fsp3) is 0.143. The third-order valence-corrected chi connectivity index (χ3v) is 2.13. The Morgan fingerprint density at radius 1 is 1.38 bits per heavy atom. The van der Waals surface area contributed by atoms with Gasteiger partial charge in [-0.05, 0) is 34.7 Å². The van der Waals surface area contributed by atoms with Crippen molar-refractivity contribution in [3.63, 3.8) is 0 Å². The number of alkyl halides is 3. The summed E-state index contributed by atoms with van der Waals surface area (Å²) in [6.45, 7) is 0. The minimum Gasteiger partial charge on any atom is -0.296 e. The van der Waals surface area contributed by atoms with Crippen LogP contribution in [0.4, 0.5) is 13.2 Å². The Balaban J connectivity index is 3.27. The molecule has 0 saturated carbocycles. The Morgan fingerprint density at radius 2 is 2.00 bits per heavy atom. The van der Waals surface area contributed by atoms with Gasteiger partial charge in [-0.1, -0.05) is 0 Å². The molecule has 0 fully saturated rings. The molecule has 2 nitrogen and oxygen atoms in total. The van der Waals surface area contributed by atoms with Crippen LogP contribution in [0.25, 0.3) is 0 Å². The molecule has 0 N–H and O–H groups in total. The third-order valence-electron chi connectivity index (χ3n) is 1.26. The third kappa shape index (κ3) is 2.39. The maximum absolute atomic E-state index is 12.2. The zero-order chi connectivity index (χ0) is 10.1. The molecular formula is C7H3F3INO. The van der Waals surface area contributed by atoms with E-state index >= 15 is 0 Å². The maximum Gasteiger partial charge on any atom is 0.434 e. The smallest absolute Gasteiger partial charge is 0.296 e. The molecule has 0 aliphatic rings. The van der Waals surface area contributed by atoms with Crippen LogP contribution in [0.5, 0.6) is 0 Å². The van der Waals surface area contributed by atoms with Crippen molar-refractivity contribution < 1.29 is 18.0 Å². The lowest BCUT2D eigenvalue weighted by atomic mass is 10.3.